The monoisotopic (exact) mass is 853 g/mol. The van der Waals surface area contributed by atoms with Gasteiger partial charge >= 0.3 is 23.9 Å². The Morgan fingerprint density at radius 1 is 0.823 bits per heavy atom. The normalized spacial score (nSPS) is 31.9. The number of hydrogen-bond donors (Lipinski definition) is 2. The number of carbonyl (C=O) groups excluding carboxylic acids is 6. The van der Waals surface area contributed by atoms with Crippen LogP contribution in [0.3, 0.4) is 0 Å². The summed E-state index contributed by atoms with van der Waals surface area (Å²) in [6, 6.07) is 23.4. The molecule has 2 N–H and O–H groups in total. The average Bonchev–Trinajstić information content (AvgIpc) is 3.24. The minimum atomic E-state index is -2.11. The zero-order valence-electron chi connectivity index (χ0n) is 35.7. The Hall–Kier alpha value is -5.73. The first-order chi connectivity index (χ1) is 29.3. The Labute approximate surface area is 359 Å². The molecule has 2 saturated carbocycles. The predicted molar refractivity (Wildman–Crippen MR) is 220 cm³/mol. The largest absolute Gasteiger partial charge is 0.458 e. The third-order valence-corrected chi connectivity index (χ3v) is 14.0. The molecule has 11 atom stereocenters. The standard InChI is InChI=1S/C48H52FNO12/c1-26-32(60-44(57)37(53)36(29-17-11-8-12-18-29)50-42(55)30-19-13-9-14-20-30)24-46(6)41(61-43(56)31-21-15-10-16-22-31)39-47(7,33(49)23-34-48(39,25-58-34)62-28(3)52)40(54)38(59-27(2)51)35(26)45(46,4)5/h8-22,32-34,36-39,41,53H,23-25H2,1-7H3,(H,50,55)/t32-,33?,34+,36-,37+,38+,39-,41-,46-,47+,48-/m0/s1. The van der Waals surface area contributed by atoms with Crippen molar-refractivity contribution in [3.8, 4) is 0 Å². The van der Waals surface area contributed by atoms with Crippen LogP contribution in [0.1, 0.15) is 93.6 Å². The van der Waals surface area contributed by atoms with E-state index in [1.165, 1.54) is 26.0 Å². The molecule has 3 aliphatic carbocycles. The van der Waals surface area contributed by atoms with E-state index in [4.69, 9.17) is 23.7 Å². The summed E-state index contributed by atoms with van der Waals surface area (Å²) < 4.78 is 48.0. The summed E-state index contributed by atoms with van der Waals surface area (Å²) in [5.74, 6) is -6.41. The molecule has 1 saturated heterocycles. The van der Waals surface area contributed by atoms with Gasteiger partial charge in [0, 0.05) is 31.2 Å². The van der Waals surface area contributed by atoms with Crippen LogP contribution in [0, 0.1) is 22.2 Å². The lowest BCUT2D eigenvalue weighted by Gasteiger charge is -2.67. The summed E-state index contributed by atoms with van der Waals surface area (Å²) in [5.41, 5.74) is -5.20. The minimum Gasteiger partial charge on any atom is -0.458 e. The summed E-state index contributed by atoms with van der Waals surface area (Å²) in [6.45, 7) is 10.4. The molecule has 62 heavy (non-hydrogen) atoms. The van der Waals surface area contributed by atoms with Crippen LogP contribution in [0.2, 0.25) is 0 Å². The van der Waals surface area contributed by atoms with Gasteiger partial charge < -0.3 is 34.1 Å². The first-order valence-electron chi connectivity index (χ1n) is 20.7. The van der Waals surface area contributed by atoms with Crippen molar-refractivity contribution < 1.29 is 61.9 Å². The van der Waals surface area contributed by atoms with Crippen molar-refractivity contribution in [1.82, 2.24) is 5.32 Å². The first-order valence-corrected chi connectivity index (χ1v) is 20.7. The number of hydrogen-bond acceptors (Lipinski definition) is 12. The number of benzene rings is 3. The number of Topliss-reactive ketones (excluding diaryl/α,β-unsaturated/α-hetero) is 1. The van der Waals surface area contributed by atoms with E-state index in [0.717, 1.165) is 6.92 Å². The van der Waals surface area contributed by atoms with Gasteiger partial charge in [-0.2, -0.15) is 0 Å². The second-order valence-corrected chi connectivity index (χ2v) is 17.8. The maximum Gasteiger partial charge on any atom is 0.338 e. The van der Waals surface area contributed by atoms with Gasteiger partial charge in [0.05, 0.1) is 29.5 Å². The average molecular weight is 854 g/mol. The molecule has 1 heterocycles. The quantitative estimate of drug-likeness (QED) is 0.138. The molecule has 2 bridgehead atoms. The number of amides is 1. The van der Waals surface area contributed by atoms with E-state index < -0.39 is 106 Å². The van der Waals surface area contributed by atoms with E-state index in [9.17, 15) is 29.1 Å². The summed E-state index contributed by atoms with van der Waals surface area (Å²) in [5, 5.41) is 14.6. The Bertz CT molecular complexity index is 2280. The van der Waals surface area contributed by atoms with Gasteiger partial charge in [0.1, 0.15) is 24.5 Å². The van der Waals surface area contributed by atoms with Crippen LogP contribution >= 0.6 is 0 Å². The van der Waals surface area contributed by atoms with Crippen molar-refractivity contribution in [2.45, 2.75) is 110 Å². The highest BCUT2D eigenvalue weighted by molar-refractivity contribution is 5.96. The molecular formula is C48H52FNO12. The van der Waals surface area contributed by atoms with Crippen LogP contribution < -0.4 is 5.32 Å². The molecule has 0 spiro atoms. The molecule has 1 unspecified atom stereocenters. The molecule has 328 valence electrons. The first kappa shape index (κ1) is 44.3. The van der Waals surface area contributed by atoms with Gasteiger partial charge in [-0.15, -0.1) is 0 Å². The van der Waals surface area contributed by atoms with Gasteiger partial charge in [-0.05, 0) is 66.7 Å². The van der Waals surface area contributed by atoms with E-state index in [0.29, 0.717) is 5.56 Å². The lowest BCUT2D eigenvalue weighted by molar-refractivity contribution is -0.335. The van der Waals surface area contributed by atoms with Crippen molar-refractivity contribution in [1.29, 1.82) is 0 Å². The van der Waals surface area contributed by atoms with Crippen molar-refractivity contribution in [3.63, 3.8) is 0 Å². The second kappa shape index (κ2) is 16.5. The van der Waals surface area contributed by atoms with E-state index in [-0.39, 0.29) is 41.7 Å². The molecule has 4 aliphatic rings. The molecule has 3 fully saturated rings. The number of nitrogens with one attached hydrogen (secondary N) is 1. The van der Waals surface area contributed by atoms with Crippen molar-refractivity contribution >= 4 is 35.6 Å². The summed E-state index contributed by atoms with van der Waals surface area (Å²) in [4.78, 5) is 83.7. The zero-order valence-corrected chi connectivity index (χ0v) is 35.7. The SMILES string of the molecule is CC(=O)O[C@H]1C(=O)[C@]2(C)C(F)C[C@H]3OC[C@@]3(OC(C)=O)[C@H]2[C@H](OC(=O)c2ccccc2)[C@]2(C)C[C@H](OC(=O)[C@H](O)[C@@H](NC(=O)c3ccccc3)c3ccccc3)C(C)=C1C2(C)C. The van der Waals surface area contributed by atoms with Gasteiger partial charge in [0.25, 0.3) is 5.91 Å². The Balaban J connectivity index is 1.39. The smallest absolute Gasteiger partial charge is 0.338 e. The molecule has 14 heteroatoms. The van der Waals surface area contributed by atoms with Crippen LogP contribution in [0.5, 0.6) is 0 Å². The van der Waals surface area contributed by atoms with Gasteiger partial charge in [0.15, 0.2) is 23.6 Å². The van der Waals surface area contributed by atoms with E-state index in [1.54, 1.807) is 107 Å². The summed E-state index contributed by atoms with van der Waals surface area (Å²) in [7, 11) is 0. The molecule has 0 radical (unpaired) electrons. The number of fused-ring (bicyclic) bond motifs is 5. The van der Waals surface area contributed by atoms with Crippen LogP contribution in [-0.4, -0.2) is 89.6 Å². The van der Waals surface area contributed by atoms with Crippen molar-refractivity contribution in [2.24, 2.45) is 22.2 Å². The second-order valence-electron chi connectivity index (χ2n) is 17.8. The molecule has 0 aromatic heterocycles. The lowest BCUT2D eigenvalue weighted by Crippen LogP contribution is -2.80. The fraction of sp³-hybridized carbons (Fsp3) is 0.458. The number of rotatable bonds is 10. The molecule has 1 aliphatic heterocycles. The number of esters is 4. The number of aliphatic hydroxyl groups excluding tert-OH is 1. The molecule has 3 aromatic carbocycles. The molecule has 13 nitrogen and oxygen atoms in total. The fourth-order valence-corrected chi connectivity index (χ4v) is 10.4. The number of ketones is 1. The van der Waals surface area contributed by atoms with Crippen molar-refractivity contribution in [2.75, 3.05) is 6.61 Å². The van der Waals surface area contributed by atoms with Crippen LogP contribution in [0.25, 0.3) is 0 Å². The fourth-order valence-electron chi connectivity index (χ4n) is 10.4. The zero-order chi connectivity index (χ0) is 44.9. The number of alkyl halides is 1. The number of halogens is 1. The van der Waals surface area contributed by atoms with Gasteiger partial charge in [-0.25, -0.2) is 14.0 Å². The number of aliphatic hydroxyl groups is 1. The lowest BCUT2D eigenvalue weighted by atomic mass is 9.42. The van der Waals surface area contributed by atoms with Crippen LogP contribution in [0.4, 0.5) is 4.39 Å². The third kappa shape index (κ3) is 7.30. The molecule has 7 rings (SSSR count). The maximum absolute atomic E-state index is 17.3. The Morgan fingerprint density at radius 2 is 1.40 bits per heavy atom. The summed E-state index contributed by atoms with van der Waals surface area (Å²) >= 11 is 0. The molecule has 1 amide bonds. The van der Waals surface area contributed by atoms with Crippen molar-refractivity contribution in [3.05, 3.63) is 119 Å². The highest BCUT2D eigenvalue weighted by Gasteiger charge is 2.78. The van der Waals surface area contributed by atoms with E-state index in [1.807, 2.05) is 0 Å². The Kier molecular flexibility index (Phi) is 11.8. The topological polar surface area (TPSA) is 181 Å². The molecular weight excluding hydrogens is 802 g/mol. The van der Waals surface area contributed by atoms with Gasteiger partial charge in [-0.3, -0.25) is 19.2 Å². The Morgan fingerprint density at radius 3 is 1.95 bits per heavy atom. The number of carbonyl (C=O) groups is 6. The minimum absolute atomic E-state index is 0.140. The van der Waals surface area contributed by atoms with Gasteiger partial charge in [0.2, 0.25) is 0 Å². The van der Waals surface area contributed by atoms with E-state index in [2.05, 4.69) is 5.32 Å². The van der Waals surface area contributed by atoms with Gasteiger partial charge in [-0.1, -0.05) is 87.5 Å². The molecule has 3 aromatic rings. The highest BCUT2D eigenvalue weighted by atomic mass is 19.1. The highest BCUT2D eigenvalue weighted by Crippen LogP contribution is 2.67. The van der Waals surface area contributed by atoms with Crippen LogP contribution in [-0.2, 0) is 42.9 Å². The summed E-state index contributed by atoms with van der Waals surface area (Å²) in [6.07, 6.45) is -9.92. The predicted octanol–water partition coefficient (Wildman–Crippen LogP) is 5.99. The maximum atomic E-state index is 17.3. The van der Waals surface area contributed by atoms with E-state index >= 15 is 9.18 Å². The third-order valence-electron chi connectivity index (χ3n) is 14.0. The number of ether oxygens (including phenoxy) is 5. The van der Waals surface area contributed by atoms with Crippen LogP contribution in [0.15, 0.2) is 102 Å².